The molecule has 1 fully saturated rings. The first kappa shape index (κ1) is 14.0. The average molecular weight is 242 g/mol. The first-order chi connectivity index (χ1) is 8.22. The first-order valence-electron chi connectivity index (χ1n) is 6.24. The van der Waals surface area contributed by atoms with E-state index in [2.05, 4.69) is 13.5 Å². The van der Waals surface area contributed by atoms with Gasteiger partial charge in [-0.3, -0.25) is 0 Å². The van der Waals surface area contributed by atoms with Crippen molar-refractivity contribution in [3.05, 3.63) is 12.8 Å². The first-order valence-corrected chi connectivity index (χ1v) is 6.24. The van der Waals surface area contributed by atoms with Crippen LogP contribution in [0.5, 0.6) is 0 Å². The molecule has 0 bridgehead atoms. The summed E-state index contributed by atoms with van der Waals surface area (Å²) in [4.78, 5) is 11.6. The molecule has 0 unspecified atom stereocenters. The van der Waals surface area contributed by atoms with Crippen molar-refractivity contribution < 1.29 is 19.0 Å². The molecule has 17 heavy (non-hydrogen) atoms. The van der Waals surface area contributed by atoms with E-state index in [0.29, 0.717) is 13.2 Å². The summed E-state index contributed by atoms with van der Waals surface area (Å²) in [5.41, 5.74) is -0.224. The molecule has 0 aromatic carbocycles. The van der Waals surface area contributed by atoms with Crippen LogP contribution in [0, 0.1) is 0 Å². The quantitative estimate of drug-likeness (QED) is 0.372. The molecule has 0 spiro atoms. The fourth-order valence-corrected chi connectivity index (χ4v) is 2.16. The SMILES string of the molecule is C=COCCOCC(=O)OC1(CC)CCCC1. The zero-order chi connectivity index (χ0) is 12.6. The monoisotopic (exact) mass is 242 g/mol. The van der Waals surface area contributed by atoms with Gasteiger partial charge in [-0.2, -0.15) is 0 Å². The van der Waals surface area contributed by atoms with Crippen molar-refractivity contribution in [2.45, 2.75) is 44.6 Å². The van der Waals surface area contributed by atoms with Crippen LogP contribution in [0.25, 0.3) is 0 Å². The lowest BCUT2D eigenvalue weighted by atomic mass is 9.99. The van der Waals surface area contributed by atoms with Gasteiger partial charge in [-0.1, -0.05) is 13.5 Å². The molecule has 1 aliphatic carbocycles. The van der Waals surface area contributed by atoms with Gasteiger partial charge in [0.15, 0.2) is 0 Å². The van der Waals surface area contributed by atoms with Gasteiger partial charge >= 0.3 is 5.97 Å². The number of hydrogen-bond donors (Lipinski definition) is 0. The predicted octanol–water partition coefficient (Wildman–Crippen LogP) is 2.43. The minimum atomic E-state index is -0.271. The van der Waals surface area contributed by atoms with E-state index >= 15 is 0 Å². The van der Waals surface area contributed by atoms with Crippen LogP contribution in [0.2, 0.25) is 0 Å². The molecule has 0 aromatic heterocycles. The lowest BCUT2D eigenvalue weighted by Crippen LogP contribution is -2.33. The van der Waals surface area contributed by atoms with Gasteiger partial charge in [-0.05, 0) is 32.1 Å². The molecule has 0 amide bonds. The molecule has 0 aliphatic heterocycles. The van der Waals surface area contributed by atoms with Gasteiger partial charge in [0.25, 0.3) is 0 Å². The van der Waals surface area contributed by atoms with Crippen LogP contribution in [-0.2, 0) is 19.0 Å². The molecule has 0 atom stereocenters. The van der Waals surface area contributed by atoms with Crippen LogP contribution in [0.1, 0.15) is 39.0 Å². The summed E-state index contributed by atoms with van der Waals surface area (Å²) < 4.78 is 15.6. The van der Waals surface area contributed by atoms with Gasteiger partial charge in [0, 0.05) is 0 Å². The summed E-state index contributed by atoms with van der Waals surface area (Å²) >= 11 is 0. The maximum absolute atomic E-state index is 11.6. The number of hydrogen-bond acceptors (Lipinski definition) is 4. The fraction of sp³-hybridized carbons (Fsp3) is 0.769. The zero-order valence-corrected chi connectivity index (χ0v) is 10.6. The van der Waals surface area contributed by atoms with E-state index in [1.807, 2.05) is 0 Å². The molecule has 1 rings (SSSR count). The second-order valence-corrected chi connectivity index (χ2v) is 4.31. The molecule has 0 saturated heterocycles. The van der Waals surface area contributed by atoms with Gasteiger partial charge < -0.3 is 14.2 Å². The molecule has 0 heterocycles. The number of esters is 1. The van der Waals surface area contributed by atoms with Gasteiger partial charge in [-0.15, -0.1) is 0 Å². The molecule has 0 aromatic rings. The smallest absolute Gasteiger partial charge is 0.332 e. The largest absolute Gasteiger partial charge is 0.499 e. The van der Waals surface area contributed by atoms with Crippen molar-refractivity contribution in [2.24, 2.45) is 0 Å². The Morgan fingerprint density at radius 2 is 2.06 bits per heavy atom. The Hall–Kier alpha value is -1.03. The molecular weight excluding hydrogens is 220 g/mol. The third-order valence-corrected chi connectivity index (χ3v) is 3.17. The Labute approximate surface area is 103 Å². The van der Waals surface area contributed by atoms with E-state index < -0.39 is 0 Å². The third-order valence-electron chi connectivity index (χ3n) is 3.17. The molecule has 1 aliphatic rings. The summed E-state index contributed by atoms with van der Waals surface area (Å²) in [7, 11) is 0. The van der Waals surface area contributed by atoms with Crippen molar-refractivity contribution in [1.29, 1.82) is 0 Å². The fourth-order valence-electron chi connectivity index (χ4n) is 2.16. The van der Waals surface area contributed by atoms with Gasteiger partial charge in [0.2, 0.25) is 0 Å². The topological polar surface area (TPSA) is 44.8 Å². The van der Waals surface area contributed by atoms with Crippen LogP contribution in [-0.4, -0.2) is 31.4 Å². The highest BCUT2D eigenvalue weighted by atomic mass is 16.6. The van der Waals surface area contributed by atoms with Gasteiger partial charge in [0.1, 0.15) is 18.8 Å². The standard InChI is InChI=1S/C13H22O4/c1-3-13(7-5-6-8-13)17-12(14)11-16-10-9-15-4-2/h4H,2-3,5-11H2,1H3. The van der Waals surface area contributed by atoms with Gasteiger partial charge in [-0.25, -0.2) is 4.79 Å². The van der Waals surface area contributed by atoms with Crippen molar-refractivity contribution in [1.82, 2.24) is 0 Å². The minimum Gasteiger partial charge on any atom is -0.499 e. The Morgan fingerprint density at radius 3 is 2.65 bits per heavy atom. The number of rotatable bonds is 8. The zero-order valence-electron chi connectivity index (χ0n) is 10.6. The molecule has 1 saturated carbocycles. The van der Waals surface area contributed by atoms with Crippen LogP contribution < -0.4 is 0 Å². The number of carbonyl (C=O) groups excluding carboxylic acids is 1. The van der Waals surface area contributed by atoms with Crippen LogP contribution in [0.15, 0.2) is 12.8 Å². The maximum atomic E-state index is 11.6. The molecule has 0 radical (unpaired) electrons. The highest BCUT2D eigenvalue weighted by Gasteiger charge is 2.35. The molecule has 4 nitrogen and oxygen atoms in total. The van der Waals surface area contributed by atoms with Crippen molar-refractivity contribution in [2.75, 3.05) is 19.8 Å². The summed E-state index contributed by atoms with van der Waals surface area (Å²) in [5.74, 6) is -0.271. The highest BCUT2D eigenvalue weighted by Crippen LogP contribution is 2.35. The second kappa shape index (κ2) is 7.33. The Morgan fingerprint density at radius 1 is 1.35 bits per heavy atom. The molecular formula is C13H22O4. The Kier molecular flexibility index (Phi) is 6.05. The van der Waals surface area contributed by atoms with E-state index in [1.165, 1.54) is 6.26 Å². The van der Waals surface area contributed by atoms with Crippen LogP contribution in [0.3, 0.4) is 0 Å². The van der Waals surface area contributed by atoms with E-state index in [0.717, 1.165) is 32.1 Å². The van der Waals surface area contributed by atoms with Crippen LogP contribution >= 0.6 is 0 Å². The number of carbonyl (C=O) groups is 1. The summed E-state index contributed by atoms with van der Waals surface area (Å²) in [6.45, 7) is 6.27. The molecule has 98 valence electrons. The lowest BCUT2D eigenvalue weighted by Gasteiger charge is -2.27. The summed E-state index contributed by atoms with van der Waals surface area (Å²) in [6.07, 6.45) is 6.50. The summed E-state index contributed by atoms with van der Waals surface area (Å²) in [6, 6.07) is 0. The van der Waals surface area contributed by atoms with Crippen molar-refractivity contribution >= 4 is 5.97 Å². The van der Waals surface area contributed by atoms with Crippen molar-refractivity contribution in [3.8, 4) is 0 Å². The Bertz CT molecular complexity index is 244. The highest BCUT2D eigenvalue weighted by molar-refractivity contribution is 5.71. The number of ether oxygens (including phenoxy) is 3. The van der Waals surface area contributed by atoms with E-state index in [9.17, 15) is 4.79 Å². The molecule has 0 N–H and O–H groups in total. The van der Waals surface area contributed by atoms with E-state index in [4.69, 9.17) is 14.2 Å². The average Bonchev–Trinajstić information content (AvgIpc) is 2.78. The normalized spacial score (nSPS) is 17.7. The van der Waals surface area contributed by atoms with Crippen molar-refractivity contribution in [3.63, 3.8) is 0 Å². The third kappa shape index (κ3) is 4.77. The Balaban J connectivity index is 2.17. The van der Waals surface area contributed by atoms with Crippen LogP contribution in [0.4, 0.5) is 0 Å². The van der Waals surface area contributed by atoms with E-state index in [-0.39, 0.29) is 18.2 Å². The maximum Gasteiger partial charge on any atom is 0.332 e. The van der Waals surface area contributed by atoms with E-state index in [1.54, 1.807) is 0 Å². The molecule has 4 heteroatoms. The second-order valence-electron chi connectivity index (χ2n) is 4.31. The predicted molar refractivity (Wildman–Crippen MR) is 64.6 cm³/mol. The van der Waals surface area contributed by atoms with Gasteiger partial charge in [0.05, 0.1) is 12.9 Å². The lowest BCUT2D eigenvalue weighted by molar-refractivity contribution is -0.165. The minimum absolute atomic E-state index is 0.00223. The summed E-state index contributed by atoms with van der Waals surface area (Å²) in [5, 5.41) is 0.